The molecule has 0 radical (unpaired) electrons. The summed E-state index contributed by atoms with van der Waals surface area (Å²) in [6.07, 6.45) is 3.26. The van der Waals surface area contributed by atoms with E-state index >= 15 is 0 Å². The van der Waals surface area contributed by atoms with Crippen LogP contribution in [0.25, 0.3) is 6.08 Å². The molecule has 0 unspecified atom stereocenters. The topological polar surface area (TPSA) is 93.7 Å². The third-order valence-electron chi connectivity index (χ3n) is 2.88. The van der Waals surface area contributed by atoms with E-state index in [-0.39, 0.29) is 18.2 Å². The standard InChI is InChI=1S/C17H20F2N2O5/c1-2-9-20-14(22)10-21-15(23)11-25-16(24)8-5-12-3-6-13(7-4-12)26-17(18)19/h3-8,17H,2,9-11H2,1H3,(H,20,22)(H,21,23)/b8-5+. The molecule has 1 rings (SSSR count). The van der Waals surface area contributed by atoms with Gasteiger partial charge in [-0.2, -0.15) is 8.78 Å². The molecule has 0 aliphatic carbocycles. The molecule has 1 aromatic rings. The number of nitrogens with one attached hydrogen (secondary N) is 2. The molecule has 0 saturated heterocycles. The van der Waals surface area contributed by atoms with Gasteiger partial charge in [-0.05, 0) is 30.2 Å². The van der Waals surface area contributed by atoms with Crippen LogP contribution in [0.4, 0.5) is 8.78 Å². The molecule has 0 saturated carbocycles. The van der Waals surface area contributed by atoms with E-state index in [4.69, 9.17) is 4.74 Å². The monoisotopic (exact) mass is 370 g/mol. The molecule has 0 aliphatic heterocycles. The van der Waals surface area contributed by atoms with Crippen molar-refractivity contribution in [3.63, 3.8) is 0 Å². The predicted octanol–water partition coefficient (Wildman–Crippen LogP) is 1.49. The van der Waals surface area contributed by atoms with Crippen LogP contribution < -0.4 is 15.4 Å². The zero-order valence-electron chi connectivity index (χ0n) is 14.2. The van der Waals surface area contributed by atoms with Gasteiger partial charge in [0.25, 0.3) is 5.91 Å². The molecule has 142 valence electrons. The SMILES string of the molecule is CCCNC(=O)CNC(=O)COC(=O)/C=C/c1ccc(OC(F)F)cc1. The van der Waals surface area contributed by atoms with Crippen molar-refractivity contribution < 1.29 is 32.6 Å². The number of hydrogen-bond donors (Lipinski definition) is 2. The summed E-state index contributed by atoms with van der Waals surface area (Å²) in [7, 11) is 0. The third kappa shape index (κ3) is 9.36. The minimum Gasteiger partial charge on any atom is -0.452 e. The second-order valence-corrected chi connectivity index (χ2v) is 5.02. The van der Waals surface area contributed by atoms with Crippen molar-refractivity contribution >= 4 is 23.9 Å². The van der Waals surface area contributed by atoms with Crippen LogP contribution in [0.15, 0.2) is 30.3 Å². The molecule has 0 fully saturated rings. The molecule has 0 aromatic heterocycles. The van der Waals surface area contributed by atoms with Crippen LogP contribution in [0.2, 0.25) is 0 Å². The van der Waals surface area contributed by atoms with Gasteiger partial charge in [-0.1, -0.05) is 19.1 Å². The van der Waals surface area contributed by atoms with Crippen molar-refractivity contribution in [3.05, 3.63) is 35.9 Å². The number of esters is 1. The summed E-state index contributed by atoms with van der Waals surface area (Å²) in [4.78, 5) is 34.3. The summed E-state index contributed by atoms with van der Waals surface area (Å²) >= 11 is 0. The molecule has 0 bridgehead atoms. The molecule has 2 N–H and O–H groups in total. The third-order valence-corrected chi connectivity index (χ3v) is 2.88. The van der Waals surface area contributed by atoms with Crippen molar-refractivity contribution in [1.82, 2.24) is 10.6 Å². The van der Waals surface area contributed by atoms with Crippen molar-refractivity contribution in [2.24, 2.45) is 0 Å². The van der Waals surface area contributed by atoms with E-state index in [1.54, 1.807) is 0 Å². The fraction of sp³-hybridized carbons (Fsp3) is 0.353. The number of alkyl halides is 2. The predicted molar refractivity (Wildman–Crippen MR) is 89.4 cm³/mol. The highest BCUT2D eigenvalue weighted by Crippen LogP contribution is 2.15. The van der Waals surface area contributed by atoms with E-state index in [1.165, 1.54) is 30.3 Å². The highest BCUT2D eigenvalue weighted by Gasteiger charge is 2.07. The average molecular weight is 370 g/mol. The number of carbonyl (C=O) groups excluding carboxylic acids is 3. The molecular weight excluding hydrogens is 350 g/mol. The second kappa shape index (κ2) is 11.6. The van der Waals surface area contributed by atoms with Crippen LogP contribution in [0.1, 0.15) is 18.9 Å². The minimum absolute atomic E-state index is 0.000582. The summed E-state index contributed by atoms with van der Waals surface area (Å²) < 4.78 is 33.0. The number of rotatable bonds is 10. The molecule has 0 atom stereocenters. The molecule has 7 nitrogen and oxygen atoms in total. The van der Waals surface area contributed by atoms with Gasteiger partial charge in [-0.3, -0.25) is 9.59 Å². The summed E-state index contributed by atoms with van der Waals surface area (Å²) in [5.41, 5.74) is 0.556. The molecule has 0 spiro atoms. The summed E-state index contributed by atoms with van der Waals surface area (Å²) in [6, 6.07) is 5.61. The lowest BCUT2D eigenvalue weighted by Crippen LogP contribution is -2.38. The van der Waals surface area contributed by atoms with Gasteiger partial charge in [0.2, 0.25) is 5.91 Å². The highest BCUT2D eigenvalue weighted by molar-refractivity contribution is 5.90. The first-order valence-electron chi connectivity index (χ1n) is 7.83. The Kier molecular flexibility index (Phi) is 9.37. The van der Waals surface area contributed by atoms with Crippen LogP contribution >= 0.6 is 0 Å². The fourth-order valence-electron chi connectivity index (χ4n) is 1.67. The number of amides is 2. The molecular formula is C17H20F2N2O5. The number of benzene rings is 1. The Morgan fingerprint density at radius 2 is 1.81 bits per heavy atom. The van der Waals surface area contributed by atoms with Crippen molar-refractivity contribution in [2.75, 3.05) is 19.7 Å². The van der Waals surface area contributed by atoms with Crippen LogP contribution in [-0.2, 0) is 19.1 Å². The molecule has 2 amide bonds. The normalized spacial score (nSPS) is 10.6. The smallest absolute Gasteiger partial charge is 0.387 e. The molecule has 1 aromatic carbocycles. The van der Waals surface area contributed by atoms with E-state index in [0.29, 0.717) is 12.1 Å². The number of halogens is 2. The van der Waals surface area contributed by atoms with Crippen molar-refractivity contribution in [1.29, 1.82) is 0 Å². The quantitative estimate of drug-likeness (QED) is 0.481. The van der Waals surface area contributed by atoms with E-state index in [0.717, 1.165) is 12.5 Å². The maximum atomic E-state index is 12.0. The van der Waals surface area contributed by atoms with E-state index < -0.39 is 25.1 Å². The molecule has 26 heavy (non-hydrogen) atoms. The van der Waals surface area contributed by atoms with E-state index in [9.17, 15) is 23.2 Å². The first-order chi connectivity index (χ1) is 12.4. The zero-order chi connectivity index (χ0) is 19.4. The lowest BCUT2D eigenvalue weighted by atomic mass is 10.2. The highest BCUT2D eigenvalue weighted by atomic mass is 19.3. The lowest BCUT2D eigenvalue weighted by molar-refractivity contribution is -0.143. The fourth-order valence-corrected chi connectivity index (χ4v) is 1.67. The maximum Gasteiger partial charge on any atom is 0.387 e. The van der Waals surface area contributed by atoms with Gasteiger partial charge >= 0.3 is 12.6 Å². The Hall–Kier alpha value is -2.97. The number of carbonyl (C=O) groups is 3. The van der Waals surface area contributed by atoms with Crippen LogP contribution in [-0.4, -0.2) is 44.1 Å². The number of ether oxygens (including phenoxy) is 2. The molecule has 0 heterocycles. The van der Waals surface area contributed by atoms with Gasteiger partial charge in [0.15, 0.2) is 6.61 Å². The van der Waals surface area contributed by atoms with E-state index in [2.05, 4.69) is 15.4 Å². The Labute approximate surface area is 149 Å². The summed E-state index contributed by atoms with van der Waals surface area (Å²) in [5.74, 6) is -1.69. The maximum absolute atomic E-state index is 12.0. The van der Waals surface area contributed by atoms with Gasteiger partial charge in [-0.25, -0.2) is 4.79 Å². The Bertz CT molecular complexity index is 633. The zero-order valence-corrected chi connectivity index (χ0v) is 14.2. The number of hydrogen-bond acceptors (Lipinski definition) is 5. The van der Waals surface area contributed by atoms with E-state index in [1.807, 2.05) is 6.92 Å². The summed E-state index contributed by atoms with van der Waals surface area (Å²) in [6.45, 7) is -1.21. The van der Waals surface area contributed by atoms with Crippen molar-refractivity contribution in [2.45, 2.75) is 20.0 Å². The Balaban J connectivity index is 2.31. The first-order valence-corrected chi connectivity index (χ1v) is 7.83. The average Bonchev–Trinajstić information content (AvgIpc) is 2.61. The van der Waals surface area contributed by atoms with Gasteiger partial charge in [0.05, 0.1) is 6.54 Å². The molecule has 0 aliphatic rings. The van der Waals surface area contributed by atoms with Crippen molar-refractivity contribution in [3.8, 4) is 5.75 Å². The van der Waals surface area contributed by atoms with Crippen LogP contribution in [0, 0.1) is 0 Å². The molecule has 9 heteroatoms. The second-order valence-electron chi connectivity index (χ2n) is 5.02. The van der Waals surface area contributed by atoms with Gasteiger partial charge in [0.1, 0.15) is 5.75 Å². The first kappa shape index (κ1) is 21.1. The Morgan fingerprint density at radius 3 is 2.42 bits per heavy atom. The van der Waals surface area contributed by atoms with Gasteiger partial charge in [-0.15, -0.1) is 0 Å². The largest absolute Gasteiger partial charge is 0.452 e. The van der Waals surface area contributed by atoms with Gasteiger partial charge in [0, 0.05) is 12.6 Å². The Morgan fingerprint density at radius 1 is 1.12 bits per heavy atom. The summed E-state index contributed by atoms with van der Waals surface area (Å²) in [5, 5.41) is 4.90. The lowest BCUT2D eigenvalue weighted by Gasteiger charge is -2.06. The van der Waals surface area contributed by atoms with Gasteiger partial charge < -0.3 is 20.1 Å². The van der Waals surface area contributed by atoms with Crippen LogP contribution in [0.3, 0.4) is 0 Å². The minimum atomic E-state index is -2.91. The van der Waals surface area contributed by atoms with Crippen LogP contribution in [0.5, 0.6) is 5.75 Å².